The lowest BCUT2D eigenvalue weighted by atomic mass is 9.93. The van der Waals surface area contributed by atoms with Gasteiger partial charge in [-0.3, -0.25) is 9.59 Å². The second-order valence-corrected chi connectivity index (χ2v) is 7.03. The zero-order valence-electron chi connectivity index (χ0n) is 15.5. The molecule has 0 bridgehead atoms. The number of nitrogens with one attached hydrogen (secondary N) is 1. The zero-order chi connectivity index (χ0) is 19.9. The van der Waals surface area contributed by atoms with Gasteiger partial charge in [0.25, 0.3) is 0 Å². The number of aliphatic hydroxyl groups is 1. The van der Waals surface area contributed by atoms with E-state index in [1.165, 1.54) is 11.0 Å². The summed E-state index contributed by atoms with van der Waals surface area (Å²) < 4.78 is 13.9. The van der Waals surface area contributed by atoms with E-state index in [-0.39, 0.29) is 49.6 Å². The third-order valence-electron chi connectivity index (χ3n) is 4.83. The first-order valence-electron chi connectivity index (χ1n) is 9.11. The number of nitrogens with zero attached hydrogens (tertiary/aromatic N) is 1. The van der Waals surface area contributed by atoms with Crippen molar-refractivity contribution in [3.05, 3.63) is 61.0 Å². The van der Waals surface area contributed by atoms with Gasteiger partial charge in [-0.05, 0) is 25.3 Å². The van der Waals surface area contributed by atoms with E-state index in [9.17, 15) is 19.1 Å². The molecule has 0 radical (unpaired) electrons. The lowest BCUT2D eigenvalue weighted by molar-refractivity contribution is -0.139. The summed E-state index contributed by atoms with van der Waals surface area (Å²) in [7, 11) is 0. The van der Waals surface area contributed by atoms with E-state index in [2.05, 4.69) is 18.5 Å². The molecule has 1 fully saturated rings. The molecule has 5 nitrogen and oxygen atoms in total. The molecule has 2 amide bonds. The molecule has 0 saturated carbocycles. The van der Waals surface area contributed by atoms with Crippen molar-refractivity contribution in [2.24, 2.45) is 5.92 Å². The number of piperidine rings is 1. The van der Waals surface area contributed by atoms with Crippen LogP contribution in [0.1, 0.15) is 31.2 Å². The van der Waals surface area contributed by atoms with Gasteiger partial charge >= 0.3 is 0 Å². The Morgan fingerprint density at radius 2 is 2.00 bits per heavy atom. The summed E-state index contributed by atoms with van der Waals surface area (Å²) >= 11 is 0. The Kier molecular flexibility index (Phi) is 7.30. The number of halogens is 1. The van der Waals surface area contributed by atoms with Crippen LogP contribution >= 0.6 is 0 Å². The van der Waals surface area contributed by atoms with Crippen LogP contribution in [0.15, 0.2) is 49.6 Å². The van der Waals surface area contributed by atoms with E-state index < -0.39 is 5.60 Å². The van der Waals surface area contributed by atoms with Crippen molar-refractivity contribution >= 4 is 11.8 Å². The van der Waals surface area contributed by atoms with Gasteiger partial charge in [0.2, 0.25) is 11.8 Å². The van der Waals surface area contributed by atoms with Crippen LogP contribution in [0.2, 0.25) is 0 Å². The molecule has 0 unspecified atom stereocenters. The average Bonchev–Trinajstić information content (AvgIpc) is 2.64. The van der Waals surface area contributed by atoms with Gasteiger partial charge in [-0.2, -0.15) is 0 Å². The number of benzene rings is 1. The van der Waals surface area contributed by atoms with Gasteiger partial charge in [0.15, 0.2) is 0 Å². The topological polar surface area (TPSA) is 69.6 Å². The maximum absolute atomic E-state index is 13.9. The van der Waals surface area contributed by atoms with Crippen molar-refractivity contribution in [1.82, 2.24) is 10.2 Å². The van der Waals surface area contributed by atoms with Gasteiger partial charge in [0.05, 0.1) is 11.5 Å². The predicted octanol–water partition coefficient (Wildman–Crippen LogP) is 2.56. The summed E-state index contributed by atoms with van der Waals surface area (Å²) in [5.41, 5.74) is -0.686. The minimum Gasteiger partial charge on any atom is -0.387 e. The van der Waals surface area contributed by atoms with Gasteiger partial charge in [-0.25, -0.2) is 4.39 Å². The molecule has 6 heteroatoms. The fraction of sp³-hybridized carbons (Fsp3) is 0.429. The number of likely N-dealkylation sites (tertiary alicyclic amines) is 1. The summed E-state index contributed by atoms with van der Waals surface area (Å²) in [6, 6.07) is 6.31. The highest BCUT2D eigenvalue weighted by molar-refractivity contribution is 5.83. The van der Waals surface area contributed by atoms with Crippen LogP contribution in [0.25, 0.3) is 0 Å². The van der Waals surface area contributed by atoms with Crippen molar-refractivity contribution in [2.75, 3.05) is 13.1 Å². The van der Waals surface area contributed by atoms with Gasteiger partial charge in [-0.1, -0.05) is 30.4 Å². The summed E-state index contributed by atoms with van der Waals surface area (Å²) in [5.74, 6) is -1.05. The molecule has 1 aromatic carbocycles. The molecule has 27 heavy (non-hydrogen) atoms. The van der Waals surface area contributed by atoms with Crippen LogP contribution < -0.4 is 5.32 Å². The van der Waals surface area contributed by atoms with Gasteiger partial charge in [0.1, 0.15) is 5.82 Å². The Morgan fingerprint density at radius 1 is 1.33 bits per heavy atom. The second kappa shape index (κ2) is 9.46. The largest absolute Gasteiger partial charge is 0.387 e. The summed E-state index contributed by atoms with van der Waals surface area (Å²) in [6.45, 7) is 7.72. The SMILES string of the molecule is C=CCC(O)(CC=C)CNC(=O)[C@H]1CCC(=O)N(Cc2ccccc2F)C1. The van der Waals surface area contributed by atoms with Crippen molar-refractivity contribution in [2.45, 2.75) is 37.8 Å². The zero-order valence-corrected chi connectivity index (χ0v) is 15.5. The van der Waals surface area contributed by atoms with E-state index in [1.54, 1.807) is 30.4 Å². The fourth-order valence-corrected chi connectivity index (χ4v) is 3.27. The monoisotopic (exact) mass is 374 g/mol. The number of amides is 2. The molecule has 2 rings (SSSR count). The minimum atomic E-state index is -1.11. The van der Waals surface area contributed by atoms with E-state index in [0.29, 0.717) is 24.8 Å². The molecule has 1 aliphatic heterocycles. The molecule has 0 spiro atoms. The Bertz CT molecular complexity index is 694. The molecular weight excluding hydrogens is 347 g/mol. The number of hydrogen-bond acceptors (Lipinski definition) is 3. The lowest BCUT2D eigenvalue weighted by Gasteiger charge is -2.33. The second-order valence-electron chi connectivity index (χ2n) is 7.03. The van der Waals surface area contributed by atoms with Crippen LogP contribution in [-0.4, -0.2) is 40.5 Å². The van der Waals surface area contributed by atoms with Gasteiger partial charge in [0, 0.05) is 31.6 Å². The Morgan fingerprint density at radius 3 is 2.63 bits per heavy atom. The molecule has 2 N–H and O–H groups in total. The van der Waals surface area contributed by atoms with Crippen LogP contribution in [-0.2, 0) is 16.1 Å². The van der Waals surface area contributed by atoms with Crippen molar-refractivity contribution in [3.63, 3.8) is 0 Å². The molecule has 0 aromatic heterocycles. The maximum atomic E-state index is 13.9. The normalized spacial score (nSPS) is 17.5. The standard InChI is InChI=1S/C21H27FN2O3/c1-3-11-21(27,12-4-2)15-23-20(26)17-9-10-19(25)24(14-17)13-16-7-5-6-8-18(16)22/h3-8,17,27H,1-2,9-15H2,(H,23,26)/t17-/m0/s1. The summed E-state index contributed by atoms with van der Waals surface area (Å²) in [6.07, 6.45) is 4.57. The first kappa shape index (κ1) is 20.8. The number of rotatable bonds is 9. The van der Waals surface area contributed by atoms with Crippen molar-refractivity contribution < 1.29 is 19.1 Å². The van der Waals surface area contributed by atoms with E-state index in [1.807, 2.05) is 0 Å². The quantitative estimate of drug-likeness (QED) is 0.653. The first-order chi connectivity index (χ1) is 12.9. The Balaban J connectivity index is 1.97. The van der Waals surface area contributed by atoms with Crippen molar-refractivity contribution in [1.29, 1.82) is 0 Å². The molecular formula is C21H27FN2O3. The molecule has 146 valence electrons. The van der Waals surface area contributed by atoms with E-state index >= 15 is 0 Å². The van der Waals surface area contributed by atoms with Crippen LogP contribution in [0.5, 0.6) is 0 Å². The van der Waals surface area contributed by atoms with Crippen LogP contribution in [0.4, 0.5) is 4.39 Å². The number of hydrogen-bond donors (Lipinski definition) is 2. The molecule has 1 saturated heterocycles. The smallest absolute Gasteiger partial charge is 0.225 e. The first-order valence-corrected chi connectivity index (χ1v) is 9.11. The third-order valence-corrected chi connectivity index (χ3v) is 4.83. The fourth-order valence-electron chi connectivity index (χ4n) is 3.27. The van der Waals surface area contributed by atoms with Gasteiger partial charge < -0.3 is 15.3 Å². The Hall–Kier alpha value is -2.47. The number of carbonyl (C=O) groups excluding carboxylic acids is 2. The maximum Gasteiger partial charge on any atom is 0.225 e. The summed E-state index contributed by atoms with van der Waals surface area (Å²) in [5, 5.41) is 13.3. The van der Waals surface area contributed by atoms with E-state index in [4.69, 9.17) is 0 Å². The van der Waals surface area contributed by atoms with Crippen molar-refractivity contribution in [3.8, 4) is 0 Å². The highest BCUT2D eigenvalue weighted by Gasteiger charge is 2.32. The van der Waals surface area contributed by atoms with Crippen LogP contribution in [0.3, 0.4) is 0 Å². The highest BCUT2D eigenvalue weighted by Crippen LogP contribution is 2.22. The number of carbonyl (C=O) groups is 2. The van der Waals surface area contributed by atoms with Gasteiger partial charge in [-0.15, -0.1) is 13.2 Å². The molecule has 1 aromatic rings. The lowest BCUT2D eigenvalue weighted by Crippen LogP contribution is -2.49. The molecule has 1 aliphatic rings. The predicted molar refractivity (Wildman–Crippen MR) is 102 cm³/mol. The Labute approximate surface area is 159 Å². The average molecular weight is 374 g/mol. The molecule has 1 atom stereocenters. The van der Waals surface area contributed by atoms with E-state index in [0.717, 1.165) is 0 Å². The minimum absolute atomic E-state index is 0.0850. The van der Waals surface area contributed by atoms with Crippen LogP contribution in [0, 0.1) is 11.7 Å². The molecule has 1 heterocycles. The molecule has 0 aliphatic carbocycles. The summed E-state index contributed by atoms with van der Waals surface area (Å²) in [4.78, 5) is 26.2. The highest BCUT2D eigenvalue weighted by atomic mass is 19.1. The third kappa shape index (κ3) is 5.76.